The van der Waals surface area contributed by atoms with Crippen LogP contribution >= 0.6 is 11.3 Å². The van der Waals surface area contributed by atoms with Crippen molar-refractivity contribution in [3.63, 3.8) is 0 Å². The quantitative estimate of drug-likeness (QED) is 0.548. The molecule has 2 aliphatic rings. The fraction of sp³-hybridized carbons (Fsp3) is 0.522. The highest BCUT2D eigenvalue weighted by Gasteiger charge is 2.23. The maximum absolute atomic E-state index is 5.55. The molecule has 6 nitrogen and oxygen atoms in total. The van der Waals surface area contributed by atoms with Gasteiger partial charge in [0, 0.05) is 57.4 Å². The summed E-state index contributed by atoms with van der Waals surface area (Å²) in [7, 11) is 4.02. The van der Waals surface area contributed by atoms with Gasteiger partial charge in [-0.1, -0.05) is 18.2 Å². The van der Waals surface area contributed by atoms with Gasteiger partial charge in [0.25, 0.3) is 0 Å². The lowest BCUT2D eigenvalue weighted by Crippen LogP contribution is -2.46. The Morgan fingerprint density at radius 3 is 2.83 bits per heavy atom. The Balaban J connectivity index is 1.35. The molecule has 7 heteroatoms. The number of rotatable bonds is 6. The molecule has 3 heterocycles. The van der Waals surface area contributed by atoms with E-state index < -0.39 is 0 Å². The minimum Gasteiger partial charge on any atom is -0.379 e. The van der Waals surface area contributed by atoms with Gasteiger partial charge in [-0.25, -0.2) is 0 Å². The number of benzene rings is 1. The van der Waals surface area contributed by atoms with Crippen molar-refractivity contribution in [2.24, 2.45) is 4.99 Å². The Morgan fingerprint density at radius 1 is 1.20 bits per heavy atom. The number of aliphatic imine (C=N–C) groups is 1. The molecule has 2 N–H and O–H groups in total. The van der Waals surface area contributed by atoms with Crippen LogP contribution in [0.15, 0.2) is 40.7 Å². The van der Waals surface area contributed by atoms with Crippen LogP contribution in [0.25, 0.3) is 0 Å². The van der Waals surface area contributed by atoms with E-state index in [4.69, 9.17) is 4.74 Å². The van der Waals surface area contributed by atoms with Crippen LogP contribution in [0.3, 0.4) is 0 Å². The average molecular weight is 428 g/mol. The number of morpholine rings is 1. The fourth-order valence-corrected chi connectivity index (χ4v) is 5.19. The van der Waals surface area contributed by atoms with E-state index in [1.807, 2.05) is 18.4 Å². The summed E-state index contributed by atoms with van der Waals surface area (Å²) in [6.07, 6.45) is 2.40. The summed E-state index contributed by atoms with van der Waals surface area (Å²) >= 11 is 1.82. The summed E-state index contributed by atoms with van der Waals surface area (Å²) in [5.74, 6) is 0.847. The topological polar surface area (TPSA) is 52.1 Å². The zero-order valence-electron chi connectivity index (χ0n) is 18.1. The number of ether oxygens (including phenoxy) is 1. The zero-order valence-corrected chi connectivity index (χ0v) is 18.9. The van der Waals surface area contributed by atoms with Crippen LogP contribution in [0.4, 0.5) is 5.69 Å². The van der Waals surface area contributed by atoms with Crippen molar-refractivity contribution in [3.05, 3.63) is 51.7 Å². The number of nitrogens with one attached hydrogen (secondary N) is 2. The van der Waals surface area contributed by atoms with Gasteiger partial charge in [0.1, 0.15) is 0 Å². The molecule has 0 bridgehead atoms. The molecule has 1 atom stereocenters. The van der Waals surface area contributed by atoms with Crippen molar-refractivity contribution in [1.82, 2.24) is 15.5 Å². The predicted molar refractivity (Wildman–Crippen MR) is 126 cm³/mol. The molecular formula is C23H33N5OS. The maximum atomic E-state index is 5.55. The SMILES string of the molecule is CN=C(NCc1ccc2c(c1)CCCN2C)NCC(c1cccs1)N1CCOCC1. The summed E-state index contributed by atoms with van der Waals surface area (Å²) in [6, 6.07) is 11.5. The Morgan fingerprint density at radius 2 is 2.07 bits per heavy atom. The molecule has 0 aliphatic carbocycles. The number of hydrogen-bond donors (Lipinski definition) is 2. The van der Waals surface area contributed by atoms with Crippen molar-refractivity contribution in [1.29, 1.82) is 0 Å². The summed E-state index contributed by atoms with van der Waals surface area (Å²) in [6.45, 7) is 6.31. The lowest BCUT2D eigenvalue weighted by Gasteiger charge is -2.34. The Kier molecular flexibility index (Phi) is 7.25. The van der Waals surface area contributed by atoms with E-state index in [9.17, 15) is 0 Å². The molecule has 1 aromatic heterocycles. The molecule has 1 aromatic carbocycles. The average Bonchev–Trinajstić information content (AvgIpc) is 3.31. The highest BCUT2D eigenvalue weighted by Crippen LogP contribution is 2.27. The van der Waals surface area contributed by atoms with Crippen LogP contribution < -0.4 is 15.5 Å². The number of thiophene rings is 1. The highest BCUT2D eigenvalue weighted by molar-refractivity contribution is 7.10. The van der Waals surface area contributed by atoms with Crippen LogP contribution in [0, 0.1) is 0 Å². The van der Waals surface area contributed by atoms with E-state index in [0.717, 1.165) is 51.9 Å². The first-order valence-electron chi connectivity index (χ1n) is 10.9. The maximum Gasteiger partial charge on any atom is 0.191 e. The minimum atomic E-state index is 0.340. The lowest BCUT2D eigenvalue weighted by atomic mass is 9.99. The predicted octanol–water partition coefficient (Wildman–Crippen LogP) is 2.87. The molecule has 1 saturated heterocycles. The second-order valence-electron chi connectivity index (χ2n) is 7.97. The third kappa shape index (κ3) is 5.14. The van der Waals surface area contributed by atoms with Crippen molar-refractivity contribution in [2.75, 3.05) is 58.4 Å². The van der Waals surface area contributed by atoms with Crippen LogP contribution in [0.1, 0.15) is 28.5 Å². The smallest absolute Gasteiger partial charge is 0.191 e. The summed E-state index contributed by atoms with van der Waals surface area (Å²) in [4.78, 5) is 10.7. The van der Waals surface area contributed by atoms with E-state index in [1.54, 1.807) is 0 Å². The van der Waals surface area contributed by atoms with E-state index in [0.29, 0.717) is 6.04 Å². The van der Waals surface area contributed by atoms with Gasteiger partial charge >= 0.3 is 0 Å². The molecule has 0 radical (unpaired) electrons. The van der Waals surface area contributed by atoms with Gasteiger partial charge in [-0.2, -0.15) is 0 Å². The summed E-state index contributed by atoms with van der Waals surface area (Å²) < 4.78 is 5.55. The Bertz CT molecular complexity index is 832. The molecule has 30 heavy (non-hydrogen) atoms. The normalized spacial score (nSPS) is 18.7. The molecule has 1 unspecified atom stereocenters. The molecule has 2 aliphatic heterocycles. The first-order chi connectivity index (χ1) is 14.7. The van der Waals surface area contributed by atoms with E-state index in [-0.39, 0.29) is 0 Å². The first-order valence-corrected chi connectivity index (χ1v) is 11.7. The summed E-state index contributed by atoms with van der Waals surface area (Å²) in [5, 5.41) is 9.20. The van der Waals surface area contributed by atoms with Crippen molar-refractivity contribution >= 4 is 23.0 Å². The van der Waals surface area contributed by atoms with Crippen molar-refractivity contribution in [3.8, 4) is 0 Å². The Hall–Kier alpha value is -2.09. The second kappa shape index (κ2) is 10.3. The number of nitrogens with zero attached hydrogens (tertiary/aromatic N) is 3. The molecule has 0 amide bonds. The summed E-state index contributed by atoms with van der Waals surface area (Å²) in [5.41, 5.74) is 4.13. The van der Waals surface area contributed by atoms with Gasteiger partial charge in [0.2, 0.25) is 0 Å². The number of aryl methyl sites for hydroxylation is 1. The number of guanidine groups is 1. The van der Waals surface area contributed by atoms with E-state index in [2.05, 4.69) is 68.2 Å². The highest BCUT2D eigenvalue weighted by atomic mass is 32.1. The third-order valence-corrected chi connectivity index (χ3v) is 6.97. The van der Waals surface area contributed by atoms with Crippen molar-refractivity contribution < 1.29 is 4.74 Å². The minimum absolute atomic E-state index is 0.340. The number of hydrogen-bond acceptors (Lipinski definition) is 5. The molecule has 162 valence electrons. The lowest BCUT2D eigenvalue weighted by molar-refractivity contribution is 0.0177. The number of anilines is 1. The van der Waals surface area contributed by atoms with Crippen LogP contribution in [-0.4, -0.2) is 64.3 Å². The third-order valence-electron chi connectivity index (χ3n) is 6.00. The van der Waals surface area contributed by atoms with Gasteiger partial charge < -0.3 is 20.3 Å². The first kappa shape index (κ1) is 21.2. The zero-order chi connectivity index (χ0) is 20.8. The molecule has 2 aromatic rings. The Labute approximate surface area is 183 Å². The van der Waals surface area contributed by atoms with Crippen molar-refractivity contribution in [2.45, 2.75) is 25.4 Å². The van der Waals surface area contributed by atoms with Gasteiger partial charge in [-0.3, -0.25) is 9.89 Å². The van der Waals surface area contributed by atoms with Gasteiger partial charge in [-0.05, 0) is 41.5 Å². The molecule has 4 rings (SSSR count). The number of fused-ring (bicyclic) bond motifs is 1. The van der Waals surface area contributed by atoms with Crippen LogP contribution in [0.5, 0.6) is 0 Å². The van der Waals surface area contributed by atoms with E-state index in [1.165, 1.54) is 34.5 Å². The van der Waals surface area contributed by atoms with Crippen LogP contribution in [-0.2, 0) is 17.7 Å². The monoisotopic (exact) mass is 427 g/mol. The second-order valence-corrected chi connectivity index (χ2v) is 8.95. The molecular weight excluding hydrogens is 394 g/mol. The fourth-order valence-electron chi connectivity index (χ4n) is 4.33. The molecule has 0 spiro atoms. The van der Waals surface area contributed by atoms with E-state index >= 15 is 0 Å². The largest absolute Gasteiger partial charge is 0.379 e. The van der Waals surface area contributed by atoms with Gasteiger partial charge in [-0.15, -0.1) is 11.3 Å². The van der Waals surface area contributed by atoms with Gasteiger partial charge in [0.05, 0.1) is 19.3 Å². The molecule has 1 fully saturated rings. The standard InChI is InChI=1S/C23H33N5OS/c1-24-23(25-16-18-7-8-20-19(15-18)5-3-9-27(20)2)26-17-21(22-6-4-14-30-22)28-10-12-29-13-11-28/h4,6-8,14-15,21H,3,5,9-13,16-17H2,1-2H3,(H2,24,25,26). The van der Waals surface area contributed by atoms with Gasteiger partial charge in [0.15, 0.2) is 5.96 Å². The van der Waals surface area contributed by atoms with Crippen LogP contribution in [0.2, 0.25) is 0 Å². The molecule has 0 saturated carbocycles.